The topological polar surface area (TPSA) is 102 Å². The van der Waals surface area contributed by atoms with E-state index in [1.807, 2.05) is 38.2 Å². The van der Waals surface area contributed by atoms with Gasteiger partial charge in [0.25, 0.3) is 0 Å². The first-order chi connectivity index (χ1) is 9.49. The number of urea groups is 1. The lowest BCUT2D eigenvalue weighted by molar-refractivity contribution is -0.120. The van der Waals surface area contributed by atoms with E-state index in [2.05, 4.69) is 15.5 Å². The molecule has 3 N–H and O–H groups in total. The molecule has 0 fully saturated rings. The Hall–Kier alpha value is -2.09. The molecule has 0 radical (unpaired) electrons. The number of nitrogens with two attached hydrogens (primary N) is 1. The minimum Gasteiger partial charge on any atom is -0.351 e. The van der Waals surface area contributed by atoms with E-state index in [0.717, 1.165) is 0 Å². The van der Waals surface area contributed by atoms with E-state index in [0.29, 0.717) is 10.8 Å². The average molecular weight is 293 g/mol. The molecule has 0 spiro atoms. The number of aromatic nitrogens is 3. The maximum atomic E-state index is 12.0. The fourth-order valence-electron chi connectivity index (χ4n) is 1.70. The Bertz CT molecular complexity index is 640. The lowest BCUT2D eigenvalue weighted by atomic mass is 10.1. The van der Waals surface area contributed by atoms with Crippen molar-refractivity contribution in [3.63, 3.8) is 0 Å². The van der Waals surface area contributed by atoms with Gasteiger partial charge < -0.3 is 5.73 Å². The van der Waals surface area contributed by atoms with Crippen LogP contribution in [0.1, 0.15) is 13.8 Å². The number of hydrogen-bond acceptors (Lipinski definition) is 5. The Morgan fingerprint density at radius 1 is 1.35 bits per heavy atom. The molecule has 106 valence electrons. The van der Waals surface area contributed by atoms with Gasteiger partial charge in [-0.05, 0) is 18.1 Å². The molecule has 1 atom stereocenters. The number of nitrogens with zero attached hydrogens (tertiary/aromatic N) is 3. The van der Waals surface area contributed by atoms with Gasteiger partial charge in [-0.1, -0.05) is 31.7 Å². The first kappa shape index (κ1) is 14.3. The van der Waals surface area contributed by atoms with Crippen molar-refractivity contribution >= 4 is 29.3 Å². The van der Waals surface area contributed by atoms with Crippen molar-refractivity contribution in [2.45, 2.75) is 24.3 Å². The van der Waals surface area contributed by atoms with Gasteiger partial charge in [0.15, 0.2) is 10.8 Å². The van der Waals surface area contributed by atoms with E-state index in [1.165, 1.54) is 11.8 Å². The van der Waals surface area contributed by atoms with Crippen LogP contribution in [0.4, 0.5) is 4.79 Å². The third-order valence-corrected chi connectivity index (χ3v) is 4.13. The number of nitrogens with one attached hydrogen (secondary N) is 1. The maximum absolute atomic E-state index is 12.0. The zero-order valence-corrected chi connectivity index (χ0v) is 11.9. The van der Waals surface area contributed by atoms with Gasteiger partial charge in [-0.15, -0.1) is 10.2 Å². The number of carbonyl (C=O) groups is 2. The molecule has 2 aromatic heterocycles. The van der Waals surface area contributed by atoms with Crippen LogP contribution in [0.15, 0.2) is 29.6 Å². The van der Waals surface area contributed by atoms with Gasteiger partial charge in [0.05, 0.1) is 5.25 Å². The number of amides is 3. The summed E-state index contributed by atoms with van der Waals surface area (Å²) in [6.45, 7) is 3.78. The summed E-state index contributed by atoms with van der Waals surface area (Å²) < 4.78 is 1.79. The number of carbonyl (C=O) groups excluding carboxylic acids is 2. The van der Waals surface area contributed by atoms with Crippen LogP contribution in [0.5, 0.6) is 0 Å². The standard InChI is InChI=1S/C12H15N5O2S/c1-7(2)9(10(18)14-11(13)19)20-12-16-15-8-5-3-4-6-17(8)12/h3-7,9H,1-2H3,(H3,13,14,18,19)/t9-/m1/s1. The van der Waals surface area contributed by atoms with Crippen LogP contribution in [-0.2, 0) is 4.79 Å². The monoisotopic (exact) mass is 293 g/mol. The van der Waals surface area contributed by atoms with Crippen molar-refractivity contribution in [1.29, 1.82) is 0 Å². The lowest BCUT2D eigenvalue weighted by Gasteiger charge is -2.17. The van der Waals surface area contributed by atoms with Gasteiger partial charge in [0.2, 0.25) is 5.91 Å². The van der Waals surface area contributed by atoms with E-state index in [9.17, 15) is 9.59 Å². The molecule has 0 aliphatic heterocycles. The number of pyridine rings is 1. The molecule has 0 aromatic carbocycles. The van der Waals surface area contributed by atoms with Crippen molar-refractivity contribution in [2.75, 3.05) is 0 Å². The second kappa shape index (κ2) is 5.91. The van der Waals surface area contributed by atoms with Gasteiger partial charge in [-0.25, -0.2) is 4.79 Å². The molecular formula is C12H15N5O2S. The van der Waals surface area contributed by atoms with Crippen LogP contribution < -0.4 is 11.1 Å². The summed E-state index contributed by atoms with van der Waals surface area (Å²) in [7, 11) is 0. The molecule has 0 bridgehead atoms. The summed E-state index contributed by atoms with van der Waals surface area (Å²) >= 11 is 1.25. The second-order valence-electron chi connectivity index (χ2n) is 4.55. The molecule has 0 aliphatic rings. The van der Waals surface area contributed by atoms with Crippen LogP contribution in [0.2, 0.25) is 0 Å². The number of hydrogen-bond donors (Lipinski definition) is 2. The van der Waals surface area contributed by atoms with E-state index in [4.69, 9.17) is 5.73 Å². The predicted molar refractivity (Wildman–Crippen MR) is 75.2 cm³/mol. The molecule has 3 amide bonds. The highest BCUT2D eigenvalue weighted by atomic mass is 32.2. The van der Waals surface area contributed by atoms with E-state index in [-0.39, 0.29) is 5.92 Å². The molecule has 0 saturated heterocycles. The number of imide groups is 1. The van der Waals surface area contributed by atoms with Gasteiger partial charge in [-0.3, -0.25) is 14.5 Å². The van der Waals surface area contributed by atoms with Gasteiger partial charge in [-0.2, -0.15) is 0 Å². The van der Waals surface area contributed by atoms with Crippen LogP contribution in [-0.4, -0.2) is 31.8 Å². The van der Waals surface area contributed by atoms with E-state index in [1.54, 1.807) is 4.40 Å². The molecule has 0 unspecified atom stereocenters. The Morgan fingerprint density at radius 3 is 2.75 bits per heavy atom. The van der Waals surface area contributed by atoms with Crippen molar-refractivity contribution < 1.29 is 9.59 Å². The Balaban J connectivity index is 2.24. The summed E-state index contributed by atoms with van der Waals surface area (Å²) in [6.07, 6.45) is 1.82. The number of fused-ring (bicyclic) bond motifs is 1. The van der Waals surface area contributed by atoms with Crippen LogP contribution in [0.25, 0.3) is 5.65 Å². The highest BCUT2D eigenvalue weighted by molar-refractivity contribution is 8.00. The fraction of sp³-hybridized carbons (Fsp3) is 0.333. The molecule has 0 aliphatic carbocycles. The summed E-state index contributed by atoms with van der Waals surface area (Å²) in [6, 6.07) is 4.68. The van der Waals surface area contributed by atoms with Crippen molar-refractivity contribution in [3.8, 4) is 0 Å². The first-order valence-electron chi connectivity index (χ1n) is 6.05. The van der Waals surface area contributed by atoms with Crippen molar-refractivity contribution in [1.82, 2.24) is 19.9 Å². The Morgan fingerprint density at radius 2 is 2.10 bits per heavy atom. The van der Waals surface area contributed by atoms with E-state index >= 15 is 0 Å². The third kappa shape index (κ3) is 3.08. The molecule has 0 saturated carbocycles. The predicted octanol–water partition coefficient (Wildman–Crippen LogP) is 1.04. The Kier molecular flexibility index (Phi) is 4.23. The van der Waals surface area contributed by atoms with Gasteiger partial charge >= 0.3 is 6.03 Å². The summed E-state index contributed by atoms with van der Waals surface area (Å²) in [4.78, 5) is 22.8. The summed E-state index contributed by atoms with van der Waals surface area (Å²) in [5.41, 5.74) is 5.68. The molecule has 8 heteroatoms. The largest absolute Gasteiger partial charge is 0.351 e. The van der Waals surface area contributed by atoms with E-state index < -0.39 is 17.2 Å². The highest BCUT2D eigenvalue weighted by Gasteiger charge is 2.26. The summed E-state index contributed by atoms with van der Waals surface area (Å²) in [5, 5.41) is 10.3. The lowest BCUT2D eigenvalue weighted by Crippen LogP contribution is -2.42. The maximum Gasteiger partial charge on any atom is 0.318 e. The average Bonchev–Trinajstić information content (AvgIpc) is 2.77. The fourth-order valence-corrected chi connectivity index (χ4v) is 2.72. The first-order valence-corrected chi connectivity index (χ1v) is 6.93. The molecular weight excluding hydrogens is 278 g/mol. The SMILES string of the molecule is CC(C)[C@@H](Sc1nnc2ccccn12)C(=O)NC(N)=O. The molecule has 2 aromatic rings. The highest BCUT2D eigenvalue weighted by Crippen LogP contribution is 2.27. The van der Waals surface area contributed by atoms with Crippen molar-refractivity contribution in [2.24, 2.45) is 11.7 Å². The third-order valence-electron chi connectivity index (χ3n) is 2.63. The molecule has 2 rings (SSSR count). The zero-order chi connectivity index (χ0) is 14.7. The number of thioether (sulfide) groups is 1. The minimum atomic E-state index is -0.854. The zero-order valence-electron chi connectivity index (χ0n) is 11.1. The Labute approximate surface area is 119 Å². The van der Waals surface area contributed by atoms with Gasteiger partial charge in [0.1, 0.15) is 0 Å². The summed E-state index contributed by atoms with van der Waals surface area (Å²) in [5.74, 6) is -0.416. The molecule has 2 heterocycles. The van der Waals surface area contributed by atoms with Crippen LogP contribution in [0, 0.1) is 5.92 Å². The number of primary amides is 1. The smallest absolute Gasteiger partial charge is 0.318 e. The number of rotatable bonds is 4. The normalized spacial score (nSPS) is 12.6. The quantitative estimate of drug-likeness (QED) is 0.820. The van der Waals surface area contributed by atoms with Gasteiger partial charge in [0, 0.05) is 6.20 Å². The minimum absolute atomic E-state index is 0.00964. The molecule has 7 nitrogen and oxygen atoms in total. The van der Waals surface area contributed by atoms with Crippen LogP contribution >= 0.6 is 11.8 Å². The molecule has 20 heavy (non-hydrogen) atoms. The van der Waals surface area contributed by atoms with Crippen LogP contribution in [0.3, 0.4) is 0 Å². The second-order valence-corrected chi connectivity index (χ2v) is 5.66. The van der Waals surface area contributed by atoms with Crippen molar-refractivity contribution in [3.05, 3.63) is 24.4 Å².